The van der Waals surface area contributed by atoms with E-state index < -0.39 is 12.2 Å². The second kappa shape index (κ2) is 6.06. The van der Waals surface area contributed by atoms with Crippen molar-refractivity contribution in [3.8, 4) is 5.75 Å². The van der Waals surface area contributed by atoms with Crippen LogP contribution in [-0.4, -0.2) is 35.1 Å². The zero-order valence-electron chi connectivity index (χ0n) is 8.93. The molecule has 2 atom stereocenters. The van der Waals surface area contributed by atoms with Gasteiger partial charge in [0.2, 0.25) is 0 Å². The molecule has 90 valence electrons. The molecular formula is C11H15ClO4. The topological polar surface area (TPSA) is 69.9 Å². The third-order valence-corrected chi connectivity index (χ3v) is 2.66. The van der Waals surface area contributed by atoms with Crippen molar-refractivity contribution in [1.82, 2.24) is 0 Å². The summed E-state index contributed by atoms with van der Waals surface area (Å²) >= 11 is 5.90. The van der Waals surface area contributed by atoms with Gasteiger partial charge in [0.15, 0.2) is 0 Å². The molecule has 2 unspecified atom stereocenters. The summed E-state index contributed by atoms with van der Waals surface area (Å²) in [6.45, 7) is -0.195. The van der Waals surface area contributed by atoms with Gasteiger partial charge in [0.1, 0.15) is 11.9 Å². The minimum absolute atomic E-state index is 0.0920. The molecule has 0 saturated carbocycles. The second-order valence-electron chi connectivity index (χ2n) is 3.41. The molecule has 1 aromatic carbocycles. The number of hydrogen-bond acceptors (Lipinski definition) is 4. The molecule has 3 N–H and O–H groups in total. The predicted molar refractivity (Wildman–Crippen MR) is 60.7 cm³/mol. The first-order valence-corrected chi connectivity index (χ1v) is 5.28. The van der Waals surface area contributed by atoms with Crippen LogP contribution >= 0.6 is 11.6 Å². The Morgan fingerprint density at radius 3 is 2.62 bits per heavy atom. The van der Waals surface area contributed by atoms with Gasteiger partial charge in [0, 0.05) is 17.2 Å². The number of aliphatic hydroxyl groups is 3. The third-order valence-electron chi connectivity index (χ3n) is 2.31. The van der Waals surface area contributed by atoms with Gasteiger partial charge in [-0.2, -0.15) is 0 Å². The number of methoxy groups -OCH3 is 1. The lowest BCUT2D eigenvalue weighted by Gasteiger charge is -2.18. The normalized spacial score (nSPS) is 14.6. The lowest BCUT2D eigenvalue weighted by molar-refractivity contribution is 0.00418. The zero-order valence-corrected chi connectivity index (χ0v) is 9.68. The highest BCUT2D eigenvalue weighted by Crippen LogP contribution is 2.29. The van der Waals surface area contributed by atoms with E-state index in [1.807, 2.05) is 0 Å². The van der Waals surface area contributed by atoms with Gasteiger partial charge in [0.25, 0.3) is 0 Å². The molecular weight excluding hydrogens is 232 g/mol. The number of rotatable bonds is 5. The molecule has 4 nitrogen and oxygen atoms in total. The van der Waals surface area contributed by atoms with Crippen molar-refractivity contribution in [2.24, 2.45) is 0 Å². The molecule has 0 aromatic heterocycles. The minimum Gasteiger partial charge on any atom is -0.497 e. The lowest BCUT2D eigenvalue weighted by atomic mass is 10.0. The molecule has 16 heavy (non-hydrogen) atoms. The Bertz CT molecular complexity index is 343. The summed E-state index contributed by atoms with van der Waals surface area (Å²) < 4.78 is 5.00. The Morgan fingerprint density at radius 2 is 2.06 bits per heavy atom. The van der Waals surface area contributed by atoms with Crippen LogP contribution in [0.1, 0.15) is 18.1 Å². The van der Waals surface area contributed by atoms with Crippen molar-refractivity contribution in [1.29, 1.82) is 0 Å². The smallest absolute Gasteiger partial charge is 0.119 e. The highest BCUT2D eigenvalue weighted by Gasteiger charge is 2.20. The standard InChI is InChI=1S/C11H15ClO4/c1-16-7-2-3-9(12)8(6-7)11(15)10(14)4-5-13/h2-3,6,10-11,13-15H,4-5H2,1H3. The Labute approximate surface area is 99.1 Å². The van der Waals surface area contributed by atoms with Crippen molar-refractivity contribution in [2.45, 2.75) is 18.6 Å². The summed E-state index contributed by atoms with van der Waals surface area (Å²) in [5, 5.41) is 28.4. The molecule has 0 aliphatic rings. The van der Waals surface area contributed by atoms with Crippen molar-refractivity contribution in [3.63, 3.8) is 0 Å². The fourth-order valence-electron chi connectivity index (χ4n) is 1.37. The summed E-state index contributed by atoms with van der Waals surface area (Å²) in [7, 11) is 1.50. The van der Waals surface area contributed by atoms with E-state index in [1.54, 1.807) is 18.2 Å². The summed E-state index contributed by atoms with van der Waals surface area (Å²) in [5.74, 6) is 0.551. The molecule has 1 rings (SSSR count). The van der Waals surface area contributed by atoms with Crippen molar-refractivity contribution >= 4 is 11.6 Å². The van der Waals surface area contributed by atoms with Crippen molar-refractivity contribution in [3.05, 3.63) is 28.8 Å². The van der Waals surface area contributed by atoms with E-state index in [4.69, 9.17) is 21.4 Å². The van der Waals surface area contributed by atoms with Crippen LogP contribution in [0.2, 0.25) is 5.02 Å². The molecule has 0 heterocycles. The van der Waals surface area contributed by atoms with Crippen LogP contribution in [0.4, 0.5) is 0 Å². The average Bonchev–Trinajstić information content (AvgIpc) is 2.29. The van der Waals surface area contributed by atoms with Crippen LogP contribution < -0.4 is 4.74 Å². The Balaban J connectivity index is 2.92. The molecule has 0 aliphatic carbocycles. The van der Waals surface area contributed by atoms with Gasteiger partial charge < -0.3 is 20.1 Å². The van der Waals surface area contributed by atoms with Crippen LogP contribution in [0.3, 0.4) is 0 Å². The molecule has 0 fully saturated rings. The molecule has 0 spiro atoms. The number of aliphatic hydroxyl groups excluding tert-OH is 3. The maximum atomic E-state index is 9.82. The first kappa shape index (κ1) is 13.3. The van der Waals surface area contributed by atoms with Gasteiger partial charge in [0.05, 0.1) is 13.2 Å². The average molecular weight is 247 g/mol. The van der Waals surface area contributed by atoms with Gasteiger partial charge in [-0.3, -0.25) is 0 Å². The van der Waals surface area contributed by atoms with E-state index in [-0.39, 0.29) is 13.0 Å². The predicted octanol–water partition coefficient (Wildman–Crippen LogP) is 1.13. The molecule has 0 saturated heterocycles. The van der Waals surface area contributed by atoms with E-state index >= 15 is 0 Å². The van der Waals surface area contributed by atoms with Gasteiger partial charge in [-0.1, -0.05) is 11.6 Å². The third kappa shape index (κ3) is 3.09. The number of hydrogen-bond donors (Lipinski definition) is 3. The number of benzene rings is 1. The van der Waals surface area contributed by atoms with Gasteiger partial charge in [-0.15, -0.1) is 0 Å². The first-order valence-electron chi connectivity index (χ1n) is 4.90. The van der Waals surface area contributed by atoms with Gasteiger partial charge in [-0.05, 0) is 24.6 Å². The number of halogens is 1. The van der Waals surface area contributed by atoms with E-state index in [9.17, 15) is 10.2 Å². The number of ether oxygens (including phenoxy) is 1. The van der Waals surface area contributed by atoms with E-state index in [2.05, 4.69) is 0 Å². The van der Waals surface area contributed by atoms with Gasteiger partial charge >= 0.3 is 0 Å². The summed E-state index contributed by atoms with van der Waals surface area (Å²) in [6, 6.07) is 4.81. The summed E-state index contributed by atoms with van der Waals surface area (Å²) in [5.41, 5.74) is 0.391. The fraction of sp³-hybridized carbons (Fsp3) is 0.455. The van der Waals surface area contributed by atoms with Gasteiger partial charge in [-0.25, -0.2) is 0 Å². The van der Waals surface area contributed by atoms with Crippen LogP contribution in [0.15, 0.2) is 18.2 Å². The summed E-state index contributed by atoms with van der Waals surface area (Å²) in [4.78, 5) is 0. The van der Waals surface area contributed by atoms with E-state index in [0.29, 0.717) is 16.3 Å². The Kier molecular flexibility index (Phi) is 5.02. The zero-order chi connectivity index (χ0) is 12.1. The molecule has 5 heteroatoms. The largest absolute Gasteiger partial charge is 0.497 e. The molecule has 0 amide bonds. The highest BCUT2D eigenvalue weighted by atomic mass is 35.5. The SMILES string of the molecule is COc1ccc(Cl)c(C(O)C(O)CCO)c1. The van der Waals surface area contributed by atoms with E-state index in [1.165, 1.54) is 7.11 Å². The Hall–Kier alpha value is -0.810. The quantitative estimate of drug-likeness (QED) is 0.728. The first-order chi connectivity index (χ1) is 7.60. The van der Waals surface area contributed by atoms with Crippen LogP contribution in [0, 0.1) is 0 Å². The van der Waals surface area contributed by atoms with E-state index in [0.717, 1.165) is 0 Å². The van der Waals surface area contributed by atoms with Crippen LogP contribution in [-0.2, 0) is 0 Å². The minimum atomic E-state index is -1.13. The van der Waals surface area contributed by atoms with Crippen molar-refractivity contribution < 1.29 is 20.1 Å². The maximum Gasteiger partial charge on any atom is 0.119 e. The molecule has 0 radical (unpaired) electrons. The monoisotopic (exact) mass is 246 g/mol. The Morgan fingerprint density at radius 1 is 1.38 bits per heavy atom. The molecule has 0 aliphatic heterocycles. The van der Waals surface area contributed by atoms with Crippen LogP contribution in [0.25, 0.3) is 0 Å². The highest BCUT2D eigenvalue weighted by molar-refractivity contribution is 6.31. The molecule has 0 bridgehead atoms. The maximum absolute atomic E-state index is 9.82. The fourth-order valence-corrected chi connectivity index (χ4v) is 1.60. The second-order valence-corrected chi connectivity index (χ2v) is 3.82. The molecule has 1 aromatic rings. The van der Waals surface area contributed by atoms with Crippen LogP contribution in [0.5, 0.6) is 5.75 Å². The lowest BCUT2D eigenvalue weighted by Crippen LogP contribution is -2.19. The summed E-state index contributed by atoms with van der Waals surface area (Å²) in [6.07, 6.45) is -2.08. The van der Waals surface area contributed by atoms with Crippen molar-refractivity contribution in [2.75, 3.05) is 13.7 Å².